The maximum Gasteiger partial charge on any atom is 0.0553 e. The van der Waals surface area contributed by atoms with E-state index in [1.54, 1.807) is 0 Å². The van der Waals surface area contributed by atoms with Crippen LogP contribution in [-0.4, -0.2) is 31.6 Å². The summed E-state index contributed by atoms with van der Waals surface area (Å²) >= 11 is 1.96. The smallest absolute Gasteiger partial charge is 0.0553 e. The fraction of sp³-hybridized carbons (Fsp3) is 0.444. The topological polar surface area (TPSA) is 6.48 Å². The van der Waals surface area contributed by atoms with Crippen LogP contribution in [0.4, 0.5) is 5.69 Å². The third-order valence-corrected chi connectivity index (χ3v) is 5.57. The van der Waals surface area contributed by atoms with Gasteiger partial charge in [0.25, 0.3) is 0 Å². The van der Waals surface area contributed by atoms with E-state index in [4.69, 9.17) is 0 Å². The van der Waals surface area contributed by atoms with Crippen molar-refractivity contribution in [3.8, 4) is 0 Å². The van der Waals surface area contributed by atoms with Gasteiger partial charge in [-0.2, -0.15) is 0 Å². The molecule has 1 aromatic rings. The molecule has 0 saturated heterocycles. The lowest BCUT2D eigenvalue weighted by atomic mass is 10.00. The van der Waals surface area contributed by atoms with Gasteiger partial charge in [-0.25, -0.2) is 0 Å². The summed E-state index contributed by atoms with van der Waals surface area (Å²) in [5.74, 6) is 0.648. The van der Waals surface area contributed by atoms with Crippen molar-refractivity contribution in [2.75, 3.05) is 25.5 Å². The lowest BCUT2D eigenvalue weighted by Gasteiger charge is -2.38. The Morgan fingerprint density at radius 2 is 2.10 bits per heavy atom. The summed E-state index contributed by atoms with van der Waals surface area (Å²) in [6.45, 7) is 5.62. The quantitative estimate of drug-likeness (QED) is 0.819. The van der Waals surface area contributed by atoms with E-state index in [0.29, 0.717) is 12.0 Å². The van der Waals surface area contributed by atoms with Crippen LogP contribution in [0.15, 0.2) is 51.9 Å². The molecule has 2 aliphatic rings. The Hall–Kier alpha value is -1.19. The van der Waals surface area contributed by atoms with Crippen molar-refractivity contribution in [1.82, 2.24) is 4.90 Å². The normalized spacial score (nSPS) is 22.3. The van der Waals surface area contributed by atoms with Gasteiger partial charge in [0.05, 0.1) is 11.4 Å². The Bertz CT molecular complexity index is 589. The monoisotopic (exact) mass is 300 g/mol. The SMILES string of the molecule is CC1C=CC2=C(C1)Sc1ccccc1N2CC(C)N(C)C. The van der Waals surface area contributed by atoms with Crippen molar-refractivity contribution in [3.05, 3.63) is 47.0 Å². The number of likely N-dealkylation sites (N-methyl/N-ethyl adjacent to an activating group) is 1. The number of fused-ring (bicyclic) bond motifs is 1. The van der Waals surface area contributed by atoms with Gasteiger partial charge in [0.15, 0.2) is 0 Å². The fourth-order valence-electron chi connectivity index (χ4n) is 2.80. The van der Waals surface area contributed by atoms with Crippen molar-refractivity contribution in [2.24, 2.45) is 5.92 Å². The predicted molar refractivity (Wildman–Crippen MR) is 92.7 cm³/mol. The molecule has 0 spiro atoms. The van der Waals surface area contributed by atoms with Crippen LogP contribution < -0.4 is 4.90 Å². The Morgan fingerprint density at radius 3 is 2.86 bits per heavy atom. The maximum atomic E-state index is 2.51. The summed E-state index contributed by atoms with van der Waals surface area (Å²) in [7, 11) is 4.31. The summed E-state index contributed by atoms with van der Waals surface area (Å²) in [5.41, 5.74) is 2.76. The van der Waals surface area contributed by atoms with E-state index in [2.05, 4.69) is 74.2 Å². The van der Waals surface area contributed by atoms with Gasteiger partial charge in [0, 0.05) is 22.4 Å². The zero-order chi connectivity index (χ0) is 15.0. The molecule has 2 atom stereocenters. The Kier molecular flexibility index (Phi) is 4.14. The highest BCUT2D eigenvalue weighted by atomic mass is 32.2. The van der Waals surface area contributed by atoms with E-state index in [1.165, 1.54) is 21.2 Å². The van der Waals surface area contributed by atoms with Crippen LogP contribution >= 0.6 is 11.8 Å². The standard InChI is InChI=1S/C18H24N2S/c1-13-9-10-16-18(11-13)21-17-8-6-5-7-15(17)20(16)12-14(2)19(3)4/h5-10,13-14H,11-12H2,1-4H3. The van der Waals surface area contributed by atoms with Gasteiger partial charge in [-0.1, -0.05) is 36.9 Å². The zero-order valence-corrected chi connectivity index (χ0v) is 14.2. The van der Waals surface area contributed by atoms with E-state index in [-0.39, 0.29) is 0 Å². The Morgan fingerprint density at radius 1 is 1.33 bits per heavy atom. The van der Waals surface area contributed by atoms with Crippen LogP contribution in [0.2, 0.25) is 0 Å². The van der Waals surface area contributed by atoms with E-state index < -0.39 is 0 Å². The van der Waals surface area contributed by atoms with Crippen molar-refractivity contribution >= 4 is 17.4 Å². The van der Waals surface area contributed by atoms with E-state index >= 15 is 0 Å². The largest absolute Gasteiger partial charge is 0.338 e. The van der Waals surface area contributed by atoms with E-state index in [0.717, 1.165) is 13.0 Å². The summed E-state index contributed by atoms with van der Waals surface area (Å²) < 4.78 is 0. The van der Waals surface area contributed by atoms with Crippen molar-refractivity contribution in [3.63, 3.8) is 0 Å². The third kappa shape index (κ3) is 2.90. The molecule has 0 fully saturated rings. The molecule has 21 heavy (non-hydrogen) atoms. The lowest BCUT2D eigenvalue weighted by Crippen LogP contribution is -2.39. The predicted octanol–water partition coefficient (Wildman–Crippen LogP) is 4.36. The number of para-hydroxylation sites is 1. The molecule has 3 rings (SSSR count). The zero-order valence-electron chi connectivity index (χ0n) is 13.3. The highest BCUT2D eigenvalue weighted by Gasteiger charge is 2.28. The molecule has 1 aliphatic carbocycles. The average molecular weight is 300 g/mol. The molecule has 0 N–H and O–H groups in total. The summed E-state index contributed by atoms with van der Waals surface area (Å²) in [4.78, 5) is 7.72. The van der Waals surface area contributed by atoms with Crippen LogP contribution in [0.25, 0.3) is 0 Å². The maximum absolute atomic E-state index is 2.51. The molecule has 0 bridgehead atoms. The van der Waals surface area contributed by atoms with Crippen LogP contribution in [0.1, 0.15) is 20.3 Å². The number of hydrogen-bond donors (Lipinski definition) is 0. The highest BCUT2D eigenvalue weighted by molar-refractivity contribution is 8.03. The van der Waals surface area contributed by atoms with Gasteiger partial charge in [-0.3, -0.25) is 0 Å². The van der Waals surface area contributed by atoms with Crippen molar-refractivity contribution in [1.29, 1.82) is 0 Å². The summed E-state index contributed by atoms with van der Waals surface area (Å²) in [6.07, 6.45) is 5.84. The van der Waals surface area contributed by atoms with Crippen LogP contribution in [-0.2, 0) is 0 Å². The number of anilines is 1. The third-order valence-electron chi connectivity index (χ3n) is 4.38. The molecule has 0 saturated carbocycles. The van der Waals surface area contributed by atoms with Crippen LogP contribution in [0.5, 0.6) is 0 Å². The number of thioether (sulfide) groups is 1. The first kappa shape index (κ1) is 14.7. The van der Waals surface area contributed by atoms with Gasteiger partial charge < -0.3 is 9.80 Å². The summed E-state index contributed by atoms with van der Waals surface area (Å²) in [5, 5.41) is 0. The molecule has 1 aromatic carbocycles. The first-order chi connectivity index (χ1) is 10.1. The van der Waals surface area contributed by atoms with Crippen molar-refractivity contribution in [2.45, 2.75) is 31.2 Å². The van der Waals surface area contributed by atoms with Gasteiger partial charge in [0.1, 0.15) is 0 Å². The second kappa shape index (κ2) is 5.90. The molecule has 0 aromatic heterocycles. The van der Waals surface area contributed by atoms with Crippen LogP contribution in [0.3, 0.4) is 0 Å². The van der Waals surface area contributed by atoms with Crippen LogP contribution in [0, 0.1) is 5.92 Å². The average Bonchev–Trinajstić information content (AvgIpc) is 2.46. The second-order valence-corrected chi connectivity index (χ2v) is 7.48. The minimum atomic E-state index is 0.516. The Balaban J connectivity index is 1.99. The lowest BCUT2D eigenvalue weighted by molar-refractivity contribution is 0.318. The molecule has 2 unspecified atom stereocenters. The molecule has 3 heteroatoms. The minimum Gasteiger partial charge on any atom is -0.338 e. The molecule has 112 valence electrons. The molecular formula is C18H24N2S. The van der Waals surface area contributed by atoms with Gasteiger partial charge in [-0.15, -0.1) is 0 Å². The molecule has 1 heterocycles. The molecule has 0 radical (unpaired) electrons. The number of benzene rings is 1. The number of allylic oxidation sites excluding steroid dienone is 3. The summed E-state index contributed by atoms with van der Waals surface area (Å²) in [6, 6.07) is 9.31. The molecular weight excluding hydrogens is 276 g/mol. The van der Waals surface area contributed by atoms with Gasteiger partial charge >= 0.3 is 0 Å². The number of rotatable bonds is 3. The first-order valence-corrected chi connectivity index (χ1v) is 8.50. The highest BCUT2D eigenvalue weighted by Crippen LogP contribution is 2.47. The van der Waals surface area contributed by atoms with Crippen molar-refractivity contribution < 1.29 is 0 Å². The minimum absolute atomic E-state index is 0.516. The second-order valence-electron chi connectivity index (χ2n) is 6.34. The molecule has 1 aliphatic heterocycles. The molecule has 0 amide bonds. The van der Waals surface area contributed by atoms with Gasteiger partial charge in [0.2, 0.25) is 0 Å². The van der Waals surface area contributed by atoms with E-state index in [1.807, 2.05) is 11.8 Å². The fourth-order valence-corrected chi connectivity index (χ4v) is 4.12. The molecule has 2 nitrogen and oxygen atoms in total. The van der Waals surface area contributed by atoms with E-state index in [9.17, 15) is 0 Å². The number of nitrogens with zero attached hydrogens (tertiary/aromatic N) is 2. The number of hydrogen-bond acceptors (Lipinski definition) is 3. The van der Waals surface area contributed by atoms with Gasteiger partial charge in [-0.05, 0) is 51.6 Å². The Labute approximate surface area is 132 Å². The first-order valence-electron chi connectivity index (χ1n) is 7.68.